The fourth-order valence-electron chi connectivity index (χ4n) is 0.719. The molecule has 0 saturated heterocycles. The van der Waals surface area contributed by atoms with Crippen LogP contribution in [0.2, 0.25) is 0 Å². The third-order valence-electron chi connectivity index (χ3n) is 1.27. The highest BCUT2D eigenvalue weighted by molar-refractivity contribution is 5.32. The molecule has 0 radical (unpaired) electrons. The summed E-state index contributed by atoms with van der Waals surface area (Å²) in [6.07, 6.45) is -3.38. The highest BCUT2D eigenvalue weighted by Crippen LogP contribution is 2.26. The summed E-state index contributed by atoms with van der Waals surface area (Å²) in [5.41, 5.74) is 4.30. The molecule has 2 nitrogen and oxygen atoms in total. The Labute approximate surface area is 72.6 Å². The molecule has 0 aliphatic rings. The standard InChI is InChI=1S/C8H5F3N2/c9-8(10,11)7-2-1-6(3-4-12)5-13-7/h1-2,5H,12H2. The van der Waals surface area contributed by atoms with Crippen molar-refractivity contribution in [3.63, 3.8) is 0 Å². The van der Waals surface area contributed by atoms with Gasteiger partial charge < -0.3 is 5.73 Å². The van der Waals surface area contributed by atoms with Gasteiger partial charge in [-0.1, -0.05) is 0 Å². The Morgan fingerprint density at radius 1 is 1.31 bits per heavy atom. The van der Waals surface area contributed by atoms with Crippen LogP contribution < -0.4 is 5.73 Å². The molecule has 0 aliphatic heterocycles. The molecule has 0 fully saturated rings. The van der Waals surface area contributed by atoms with E-state index in [1.165, 1.54) is 6.07 Å². The van der Waals surface area contributed by atoms with Crippen molar-refractivity contribution in [2.45, 2.75) is 6.18 Å². The van der Waals surface area contributed by atoms with E-state index in [9.17, 15) is 13.2 Å². The van der Waals surface area contributed by atoms with E-state index in [1.54, 1.807) is 0 Å². The lowest BCUT2D eigenvalue weighted by Gasteiger charge is -2.03. The molecule has 13 heavy (non-hydrogen) atoms. The number of alkyl halides is 3. The number of rotatable bonds is 0. The SMILES string of the molecule is NC#Cc1ccc(C(F)(F)F)nc1. The number of nitrogens with zero attached hydrogens (tertiary/aromatic N) is 1. The Hall–Kier alpha value is -1.70. The van der Waals surface area contributed by atoms with Crippen molar-refractivity contribution in [1.82, 2.24) is 4.98 Å². The number of aromatic nitrogens is 1. The average Bonchev–Trinajstić information content (AvgIpc) is 2.04. The molecule has 2 N–H and O–H groups in total. The van der Waals surface area contributed by atoms with Gasteiger partial charge in [-0.05, 0) is 18.1 Å². The largest absolute Gasteiger partial charge is 0.433 e. The van der Waals surface area contributed by atoms with Crippen LogP contribution in [0.4, 0.5) is 13.2 Å². The van der Waals surface area contributed by atoms with Crippen LogP contribution >= 0.6 is 0 Å². The van der Waals surface area contributed by atoms with Crippen LogP contribution in [0.1, 0.15) is 11.3 Å². The minimum absolute atomic E-state index is 0.357. The topological polar surface area (TPSA) is 38.9 Å². The Balaban J connectivity index is 2.98. The van der Waals surface area contributed by atoms with Crippen molar-refractivity contribution in [3.8, 4) is 12.0 Å². The quantitative estimate of drug-likeness (QED) is 0.491. The van der Waals surface area contributed by atoms with Crippen LogP contribution in [0.15, 0.2) is 18.3 Å². The van der Waals surface area contributed by atoms with Gasteiger partial charge in [-0.2, -0.15) is 13.2 Å². The first-order valence-electron chi connectivity index (χ1n) is 3.29. The molecule has 0 amide bonds. The van der Waals surface area contributed by atoms with Crippen LogP contribution in [0.5, 0.6) is 0 Å². The molecule has 0 atom stereocenters. The summed E-state index contributed by atoms with van der Waals surface area (Å²) in [5, 5.41) is 0. The Bertz CT molecular complexity index is 342. The van der Waals surface area contributed by atoms with E-state index in [-0.39, 0.29) is 0 Å². The van der Waals surface area contributed by atoms with Crippen molar-refractivity contribution in [1.29, 1.82) is 0 Å². The highest BCUT2D eigenvalue weighted by Gasteiger charge is 2.31. The van der Waals surface area contributed by atoms with E-state index in [4.69, 9.17) is 5.73 Å². The molecule has 0 aliphatic carbocycles. The fraction of sp³-hybridized carbons (Fsp3) is 0.125. The lowest BCUT2D eigenvalue weighted by molar-refractivity contribution is -0.141. The minimum Gasteiger partial charge on any atom is -0.359 e. The Morgan fingerprint density at radius 3 is 2.38 bits per heavy atom. The lowest BCUT2D eigenvalue weighted by Crippen LogP contribution is -2.07. The zero-order chi connectivity index (χ0) is 9.90. The smallest absolute Gasteiger partial charge is 0.359 e. The molecule has 1 aromatic rings. The van der Waals surface area contributed by atoms with Crippen molar-refractivity contribution in [2.24, 2.45) is 5.73 Å². The fourth-order valence-corrected chi connectivity index (χ4v) is 0.719. The zero-order valence-electron chi connectivity index (χ0n) is 6.39. The van der Waals surface area contributed by atoms with Gasteiger partial charge in [0.05, 0.1) is 0 Å². The third-order valence-corrected chi connectivity index (χ3v) is 1.27. The maximum absolute atomic E-state index is 12.0. The maximum Gasteiger partial charge on any atom is 0.433 e. The molecule has 0 unspecified atom stereocenters. The number of hydrogen-bond acceptors (Lipinski definition) is 2. The first-order chi connectivity index (χ1) is 6.04. The second-order valence-electron chi connectivity index (χ2n) is 2.20. The molecule has 0 spiro atoms. The second-order valence-corrected chi connectivity index (χ2v) is 2.20. The summed E-state index contributed by atoms with van der Waals surface area (Å²) in [7, 11) is 0. The van der Waals surface area contributed by atoms with E-state index in [1.807, 2.05) is 0 Å². The summed E-state index contributed by atoms with van der Waals surface area (Å²) in [5.74, 6) is 2.38. The lowest BCUT2D eigenvalue weighted by atomic mass is 10.2. The molecular weight excluding hydrogens is 181 g/mol. The predicted octanol–water partition coefficient (Wildman–Crippen LogP) is 1.37. The van der Waals surface area contributed by atoms with Crippen molar-refractivity contribution >= 4 is 0 Å². The molecule has 5 heteroatoms. The van der Waals surface area contributed by atoms with Gasteiger partial charge in [-0.3, -0.25) is 4.98 Å². The molecule has 1 aromatic heterocycles. The summed E-state index contributed by atoms with van der Waals surface area (Å²) >= 11 is 0. The van der Waals surface area contributed by atoms with E-state index in [0.29, 0.717) is 5.56 Å². The Morgan fingerprint density at radius 2 is 2.00 bits per heavy atom. The molecule has 0 aromatic carbocycles. The predicted molar refractivity (Wildman–Crippen MR) is 40.3 cm³/mol. The van der Waals surface area contributed by atoms with E-state index >= 15 is 0 Å². The molecule has 0 saturated carbocycles. The summed E-state index contributed by atoms with van der Waals surface area (Å²) in [6, 6.07) is 4.15. The van der Waals surface area contributed by atoms with Gasteiger partial charge in [-0.15, -0.1) is 0 Å². The summed E-state index contributed by atoms with van der Waals surface area (Å²) < 4.78 is 35.9. The maximum atomic E-state index is 12.0. The Kier molecular flexibility index (Phi) is 2.42. The van der Waals surface area contributed by atoms with Gasteiger partial charge >= 0.3 is 6.18 Å². The van der Waals surface area contributed by atoms with Crippen LogP contribution in [0, 0.1) is 12.0 Å². The van der Waals surface area contributed by atoms with E-state index in [2.05, 4.69) is 16.9 Å². The molecule has 1 heterocycles. The molecule has 1 rings (SSSR count). The number of nitrogens with two attached hydrogens (primary N) is 1. The van der Waals surface area contributed by atoms with E-state index in [0.717, 1.165) is 12.3 Å². The molecule has 68 valence electrons. The van der Waals surface area contributed by atoms with Gasteiger partial charge in [0.1, 0.15) is 5.69 Å². The minimum atomic E-state index is -4.41. The number of hydrogen-bond donors (Lipinski definition) is 1. The van der Waals surface area contributed by atoms with Crippen LogP contribution in [0.25, 0.3) is 0 Å². The van der Waals surface area contributed by atoms with Crippen molar-refractivity contribution in [2.75, 3.05) is 0 Å². The first kappa shape index (κ1) is 9.39. The summed E-state index contributed by atoms with van der Waals surface area (Å²) in [6.45, 7) is 0. The van der Waals surface area contributed by atoms with Gasteiger partial charge in [0.2, 0.25) is 0 Å². The first-order valence-corrected chi connectivity index (χ1v) is 3.29. The number of halogens is 3. The van der Waals surface area contributed by atoms with Crippen LogP contribution in [0.3, 0.4) is 0 Å². The van der Waals surface area contributed by atoms with Crippen molar-refractivity contribution < 1.29 is 13.2 Å². The van der Waals surface area contributed by atoms with Crippen molar-refractivity contribution in [3.05, 3.63) is 29.6 Å². The van der Waals surface area contributed by atoms with Crippen LogP contribution in [-0.4, -0.2) is 4.98 Å². The monoisotopic (exact) mass is 186 g/mol. The molecular formula is C8H5F3N2. The van der Waals surface area contributed by atoms with Gasteiger partial charge in [0, 0.05) is 17.8 Å². The van der Waals surface area contributed by atoms with Gasteiger partial charge in [0.25, 0.3) is 0 Å². The van der Waals surface area contributed by atoms with Crippen LogP contribution in [-0.2, 0) is 6.18 Å². The second kappa shape index (κ2) is 3.35. The summed E-state index contributed by atoms with van der Waals surface area (Å²) in [4.78, 5) is 3.19. The van der Waals surface area contributed by atoms with Gasteiger partial charge in [0.15, 0.2) is 0 Å². The normalized spacial score (nSPS) is 10.4. The zero-order valence-corrected chi connectivity index (χ0v) is 6.39. The third kappa shape index (κ3) is 2.37. The van der Waals surface area contributed by atoms with Gasteiger partial charge in [-0.25, -0.2) is 0 Å². The highest BCUT2D eigenvalue weighted by atomic mass is 19.4. The number of pyridine rings is 1. The molecule has 0 bridgehead atoms. The van der Waals surface area contributed by atoms with E-state index < -0.39 is 11.9 Å². The average molecular weight is 186 g/mol.